The van der Waals surface area contributed by atoms with Gasteiger partial charge in [-0.1, -0.05) is 37.6 Å². The molecule has 2 aromatic rings. The van der Waals surface area contributed by atoms with Gasteiger partial charge in [0.25, 0.3) is 0 Å². The second-order valence-corrected chi connectivity index (χ2v) is 10.1. The van der Waals surface area contributed by atoms with Crippen LogP contribution < -0.4 is 4.74 Å². The molecule has 0 aliphatic carbocycles. The van der Waals surface area contributed by atoms with Crippen LogP contribution in [-0.2, 0) is 10.9 Å². The van der Waals surface area contributed by atoms with Crippen molar-refractivity contribution in [1.82, 2.24) is 0 Å². The number of ether oxygens (including phenoxy) is 1. The van der Waals surface area contributed by atoms with Crippen molar-refractivity contribution >= 4 is 18.7 Å². The first-order valence-corrected chi connectivity index (χ1v) is 11.9. The molecule has 3 rings (SSSR count). The van der Waals surface area contributed by atoms with E-state index in [1.165, 1.54) is 34.0 Å². The summed E-state index contributed by atoms with van der Waals surface area (Å²) in [6.45, 7) is 4.42. The van der Waals surface area contributed by atoms with Gasteiger partial charge < -0.3 is 4.74 Å². The van der Waals surface area contributed by atoms with Crippen LogP contribution >= 0.6 is 7.81 Å². The van der Waals surface area contributed by atoms with Crippen molar-refractivity contribution in [1.29, 1.82) is 0 Å². The Hall–Kier alpha value is -1.66. The van der Waals surface area contributed by atoms with Gasteiger partial charge in [0, 0.05) is 6.42 Å². The molecule has 1 aliphatic rings. The zero-order valence-corrected chi connectivity index (χ0v) is 17.1. The van der Waals surface area contributed by atoms with Crippen LogP contribution in [0.3, 0.4) is 0 Å². The Labute approximate surface area is 163 Å². The van der Waals surface area contributed by atoms with Gasteiger partial charge in [-0.3, -0.25) is 0 Å². The van der Waals surface area contributed by atoms with Gasteiger partial charge in [0.05, 0.1) is 0 Å². The molecule has 0 amide bonds. The molecule has 0 saturated carbocycles. The van der Waals surface area contributed by atoms with Gasteiger partial charge in [-0.15, -0.1) is 0 Å². The Morgan fingerprint density at radius 3 is 1.71 bits per heavy atom. The van der Waals surface area contributed by atoms with Crippen LogP contribution in [-0.4, -0.2) is 0 Å². The summed E-state index contributed by atoms with van der Waals surface area (Å²) in [5.74, 6) is 2.02. The van der Waals surface area contributed by atoms with Gasteiger partial charge in [0.1, 0.15) is 15.8 Å². The zero-order valence-electron chi connectivity index (χ0n) is 15.3. The minimum absolute atomic E-state index is 0.00228. The number of unbranched alkanes of at least 4 members (excludes halogenated alkanes) is 1. The van der Waals surface area contributed by atoms with E-state index in [-0.39, 0.29) is 10.9 Å². The molecule has 156 valence electrons. The standard InChI is InChI=1S/C19H21OS.F6P/c1-3-5-10-15(4-2)21-18-13-8-6-11-16(18)20-17-12-7-9-14-19(17)21;1-7(2,3,4,5)6/h4,6-9,11-14H,3,5,10H2,1-2H3;/q+1;-1/b15-4-;. The van der Waals surface area contributed by atoms with E-state index in [1.54, 1.807) is 0 Å². The predicted octanol–water partition coefficient (Wildman–Crippen LogP) is 9.30. The summed E-state index contributed by atoms with van der Waals surface area (Å²) < 4.78 is 65.3. The molecule has 28 heavy (non-hydrogen) atoms. The number of hydrogen-bond acceptors (Lipinski definition) is 1. The molecule has 1 nitrogen and oxygen atoms in total. The quantitative estimate of drug-likeness (QED) is 0.260. The number of hydrogen-bond donors (Lipinski definition) is 0. The van der Waals surface area contributed by atoms with Crippen molar-refractivity contribution < 1.29 is 29.9 Å². The van der Waals surface area contributed by atoms with E-state index >= 15 is 0 Å². The van der Waals surface area contributed by atoms with E-state index in [0.29, 0.717) is 0 Å². The summed E-state index contributed by atoms with van der Waals surface area (Å²) >= 11 is 0. The van der Waals surface area contributed by atoms with Crippen LogP contribution in [0.25, 0.3) is 0 Å². The Bertz CT molecular complexity index is 807. The number of para-hydroxylation sites is 2. The topological polar surface area (TPSA) is 9.23 Å². The fraction of sp³-hybridized carbons (Fsp3) is 0.263. The molecule has 0 radical (unpaired) electrons. The van der Waals surface area contributed by atoms with Crippen molar-refractivity contribution in [3.63, 3.8) is 0 Å². The van der Waals surface area contributed by atoms with Crippen LogP contribution in [0.2, 0.25) is 0 Å². The molecule has 2 aromatic carbocycles. The van der Waals surface area contributed by atoms with Gasteiger partial charge in [0.2, 0.25) is 9.79 Å². The number of rotatable bonds is 4. The van der Waals surface area contributed by atoms with Crippen molar-refractivity contribution in [3.8, 4) is 11.5 Å². The summed E-state index contributed by atoms with van der Waals surface area (Å²) in [5, 5.41) is 0. The molecule has 1 heterocycles. The third kappa shape index (κ3) is 7.40. The first-order chi connectivity index (χ1) is 12.8. The van der Waals surface area contributed by atoms with Gasteiger partial charge >= 0.3 is 33.0 Å². The molecule has 0 atom stereocenters. The fourth-order valence-corrected chi connectivity index (χ4v) is 5.08. The van der Waals surface area contributed by atoms with Crippen molar-refractivity contribution in [2.45, 2.75) is 42.9 Å². The third-order valence-corrected chi connectivity index (χ3v) is 6.24. The number of fused-ring (bicyclic) bond motifs is 2. The Morgan fingerprint density at radius 2 is 1.32 bits per heavy atom. The zero-order chi connectivity index (χ0) is 21.1. The van der Waals surface area contributed by atoms with Crippen molar-refractivity contribution in [2.75, 3.05) is 0 Å². The van der Waals surface area contributed by atoms with Crippen LogP contribution in [0.1, 0.15) is 33.1 Å². The summed E-state index contributed by atoms with van der Waals surface area (Å²) in [7, 11) is -10.7. The van der Waals surface area contributed by atoms with E-state index in [1.807, 2.05) is 0 Å². The molecule has 9 heteroatoms. The number of benzene rings is 2. The first kappa shape index (κ1) is 22.6. The van der Waals surface area contributed by atoms with Crippen molar-refractivity contribution in [3.05, 3.63) is 59.5 Å². The second kappa shape index (κ2) is 7.64. The van der Waals surface area contributed by atoms with Crippen LogP contribution in [0.15, 0.2) is 69.3 Å². The van der Waals surface area contributed by atoms with E-state index in [9.17, 15) is 25.2 Å². The maximum atomic E-state index is 9.87. The molecule has 0 unspecified atom stereocenters. The molecule has 1 aliphatic heterocycles. The van der Waals surface area contributed by atoms with Gasteiger partial charge in [-0.2, -0.15) is 0 Å². The average Bonchev–Trinajstić information content (AvgIpc) is 2.58. The molecule has 0 fully saturated rings. The summed E-state index contributed by atoms with van der Waals surface area (Å²) in [6.07, 6.45) is 5.94. The minimum atomic E-state index is -10.7. The molecule has 0 N–H and O–H groups in total. The third-order valence-electron chi connectivity index (χ3n) is 3.72. The second-order valence-electron chi connectivity index (χ2n) is 6.12. The van der Waals surface area contributed by atoms with E-state index in [0.717, 1.165) is 11.5 Å². The molecule has 0 aromatic heterocycles. The van der Waals surface area contributed by atoms with E-state index in [2.05, 4.69) is 68.5 Å². The molecule has 0 bridgehead atoms. The Morgan fingerprint density at radius 1 is 0.893 bits per heavy atom. The fourth-order valence-electron chi connectivity index (χ4n) is 2.64. The Balaban J connectivity index is 0.000000345. The number of halogens is 6. The van der Waals surface area contributed by atoms with Crippen LogP contribution in [0, 0.1) is 0 Å². The normalized spacial score (nSPS) is 16.5. The van der Waals surface area contributed by atoms with Crippen LogP contribution in [0.4, 0.5) is 25.2 Å². The average molecular weight is 442 g/mol. The predicted molar refractivity (Wildman–Crippen MR) is 104 cm³/mol. The van der Waals surface area contributed by atoms with Crippen molar-refractivity contribution in [2.24, 2.45) is 0 Å². The molecule has 0 saturated heterocycles. The van der Waals surface area contributed by atoms with Gasteiger partial charge in [-0.25, -0.2) is 0 Å². The van der Waals surface area contributed by atoms with E-state index in [4.69, 9.17) is 4.74 Å². The monoisotopic (exact) mass is 442 g/mol. The summed E-state index contributed by atoms with van der Waals surface area (Å²) in [5.41, 5.74) is 0. The SMILES string of the molecule is C/C=C(/CCCC)[S+]1c2ccccc2Oc2ccccc21.F[P-](F)(F)(F)(F)F. The van der Waals surface area contributed by atoms with E-state index < -0.39 is 7.81 Å². The number of allylic oxidation sites excluding steroid dienone is 2. The summed E-state index contributed by atoms with van der Waals surface area (Å²) in [4.78, 5) is 4.17. The summed E-state index contributed by atoms with van der Waals surface area (Å²) in [6, 6.07) is 16.9. The Kier molecular flexibility index (Phi) is 6.17. The molecular formula is C19H21F6OPS. The van der Waals surface area contributed by atoms with Gasteiger partial charge in [0.15, 0.2) is 11.5 Å². The molecular weight excluding hydrogens is 421 g/mol. The first-order valence-electron chi connectivity index (χ1n) is 8.62. The maximum absolute atomic E-state index is 10.7. The van der Waals surface area contributed by atoms with Crippen LogP contribution in [0.5, 0.6) is 11.5 Å². The van der Waals surface area contributed by atoms with Gasteiger partial charge in [-0.05, 0) is 43.7 Å². The molecule has 0 spiro atoms.